The standard InChI is InChI=1S/C22H23F3N2O4S/c1-3-27(4-2)32(29,30)20-12-10-17(11-13-20)21(28)26-14-5-6-15-31-19-9-7-8-18(16-19)22(23,24)25/h7-13,16H,3-4,14-15H2,1-2H3,(H,26,28). The first-order chi connectivity index (χ1) is 15.1. The monoisotopic (exact) mass is 468 g/mol. The Balaban J connectivity index is 1.86. The van der Waals surface area contributed by atoms with Gasteiger partial charge >= 0.3 is 6.18 Å². The highest BCUT2D eigenvalue weighted by Crippen LogP contribution is 2.31. The topological polar surface area (TPSA) is 75.7 Å². The Morgan fingerprint density at radius 3 is 2.31 bits per heavy atom. The van der Waals surface area contributed by atoms with Crippen LogP contribution >= 0.6 is 0 Å². The molecule has 2 rings (SSSR count). The summed E-state index contributed by atoms with van der Waals surface area (Å²) in [6.07, 6.45) is -4.46. The van der Waals surface area contributed by atoms with E-state index in [1.54, 1.807) is 13.8 Å². The van der Waals surface area contributed by atoms with Gasteiger partial charge in [-0.05, 0) is 42.5 Å². The molecule has 6 nitrogen and oxygen atoms in total. The molecule has 0 saturated heterocycles. The van der Waals surface area contributed by atoms with Gasteiger partial charge in [0.05, 0.1) is 17.0 Å². The lowest BCUT2D eigenvalue weighted by molar-refractivity contribution is -0.137. The SMILES string of the molecule is CCN(CC)S(=O)(=O)c1ccc(C(=O)NCC#CCOc2cccc(C(F)(F)F)c2)cc1. The summed E-state index contributed by atoms with van der Waals surface area (Å²) >= 11 is 0. The maximum absolute atomic E-state index is 12.7. The minimum atomic E-state index is -4.46. The van der Waals surface area contributed by atoms with Gasteiger partial charge in [0.25, 0.3) is 5.91 Å². The van der Waals surface area contributed by atoms with Crippen LogP contribution in [0.5, 0.6) is 5.75 Å². The number of sulfonamides is 1. The van der Waals surface area contributed by atoms with Gasteiger partial charge in [-0.15, -0.1) is 0 Å². The Labute approximate surface area is 185 Å². The summed E-state index contributed by atoms with van der Waals surface area (Å²) in [5.74, 6) is 4.84. The van der Waals surface area contributed by atoms with Crippen molar-refractivity contribution in [3.05, 3.63) is 59.7 Å². The zero-order valence-electron chi connectivity index (χ0n) is 17.6. The highest BCUT2D eigenvalue weighted by atomic mass is 32.2. The largest absolute Gasteiger partial charge is 0.481 e. The van der Waals surface area contributed by atoms with Crippen molar-refractivity contribution in [3.8, 4) is 17.6 Å². The molecule has 10 heteroatoms. The van der Waals surface area contributed by atoms with Crippen molar-refractivity contribution in [2.24, 2.45) is 0 Å². The smallest absolute Gasteiger partial charge is 0.416 e. The van der Waals surface area contributed by atoms with Crippen LogP contribution < -0.4 is 10.1 Å². The second kappa shape index (κ2) is 11.0. The Bertz CT molecular complexity index is 1080. The number of benzene rings is 2. The molecule has 0 aliphatic rings. The van der Waals surface area contributed by atoms with E-state index in [1.165, 1.54) is 40.7 Å². The summed E-state index contributed by atoms with van der Waals surface area (Å²) in [7, 11) is -3.60. The maximum Gasteiger partial charge on any atom is 0.416 e. The molecule has 0 atom stereocenters. The van der Waals surface area contributed by atoms with E-state index in [4.69, 9.17) is 4.74 Å². The minimum absolute atomic E-state index is 0.00964. The van der Waals surface area contributed by atoms with Gasteiger partial charge < -0.3 is 10.1 Å². The van der Waals surface area contributed by atoms with Crippen molar-refractivity contribution in [3.63, 3.8) is 0 Å². The Morgan fingerprint density at radius 2 is 1.72 bits per heavy atom. The van der Waals surface area contributed by atoms with Gasteiger partial charge in [0.2, 0.25) is 10.0 Å². The predicted octanol–water partition coefficient (Wildman–Crippen LogP) is 3.55. The van der Waals surface area contributed by atoms with Gasteiger partial charge in [0.1, 0.15) is 12.4 Å². The lowest BCUT2D eigenvalue weighted by atomic mass is 10.2. The molecule has 2 aromatic carbocycles. The predicted molar refractivity (Wildman–Crippen MR) is 114 cm³/mol. The van der Waals surface area contributed by atoms with Crippen molar-refractivity contribution in [2.75, 3.05) is 26.2 Å². The number of ether oxygens (including phenoxy) is 1. The normalized spacial score (nSPS) is 11.6. The number of carbonyl (C=O) groups excluding carboxylic acids is 1. The fourth-order valence-corrected chi connectivity index (χ4v) is 4.17. The quantitative estimate of drug-likeness (QED) is 0.602. The van der Waals surface area contributed by atoms with Crippen LogP contribution in [0.3, 0.4) is 0 Å². The van der Waals surface area contributed by atoms with Gasteiger partial charge in [0, 0.05) is 18.7 Å². The summed E-state index contributed by atoms with van der Waals surface area (Å²) in [6, 6.07) is 10.0. The van der Waals surface area contributed by atoms with Crippen LogP contribution in [0, 0.1) is 11.8 Å². The molecule has 0 aliphatic carbocycles. The minimum Gasteiger partial charge on any atom is -0.481 e. The molecule has 2 aromatic rings. The van der Waals surface area contributed by atoms with Gasteiger partial charge in [-0.25, -0.2) is 8.42 Å². The molecule has 0 fully saturated rings. The molecule has 172 valence electrons. The van der Waals surface area contributed by atoms with Crippen molar-refractivity contribution in [1.82, 2.24) is 9.62 Å². The van der Waals surface area contributed by atoms with Crippen LogP contribution in [0.15, 0.2) is 53.4 Å². The molecule has 1 N–H and O–H groups in total. The van der Waals surface area contributed by atoms with E-state index in [2.05, 4.69) is 17.2 Å². The number of hydrogen-bond donors (Lipinski definition) is 1. The van der Waals surface area contributed by atoms with Crippen LogP contribution in [0.25, 0.3) is 0 Å². The van der Waals surface area contributed by atoms with Crippen molar-refractivity contribution in [2.45, 2.75) is 24.9 Å². The molecule has 32 heavy (non-hydrogen) atoms. The van der Waals surface area contributed by atoms with Crippen molar-refractivity contribution < 1.29 is 31.1 Å². The van der Waals surface area contributed by atoms with E-state index in [0.29, 0.717) is 13.1 Å². The summed E-state index contributed by atoms with van der Waals surface area (Å²) in [5.41, 5.74) is -0.545. The summed E-state index contributed by atoms with van der Waals surface area (Å²) in [4.78, 5) is 12.3. The van der Waals surface area contributed by atoms with E-state index in [0.717, 1.165) is 12.1 Å². The van der Waals surface area contributed by atoms with Gasteiger partial charge in [0.15, 0.2) is 0 Å². The number of hydrogen-bond acceptors (Lipinski definition) is 4. The molecule has 0 aliphatic heterocycles. The third kappa shape index (κ3) is 6.73. The van der Waals surface area contributed by atoms with E-state index in [-0.39, 0.29) is 29.4 Å². The molecule has 0 bridgehead atoms. The molecular weight excluding hydrogens is 445 g/mol. The maximum atomic E-state index is 12.7. The first kappa shape index (κ1) is 25.2. The van der Waals surface area contributed by atoms with Crippen LogP contribution in [0.2, 0.25) is 0 Å². The number of halogens is 3. The zero-order valence-corrected chi connectivity index (χ0v) is 18.4. The lowest BCUT2D eigenvalue weighted by Crippen LogP contribution is -2.30. The molecule has 0 heterocycles. The third-order valence-electron chi connectivity index (χ3n) is 4.39. The Hall–Kier alpha value is -3.03. The first-order valence-corrected chi connectivity index (χ1v) is 11.2. The summed E-state index contributed by atoms with van der Waals surface area (Å²) in [6.45, 7) is 4.02. The fourth-order valence-electron chi connectivity index (χ4n) is 2.71. The van der Waals surface area contributed by atoms with Crippen LogP contribution in [0.1, 0.15) is 29.8 Å². The van der Waals surface area contributed by atoms with Crippen LogP contribution in [0.4, 0.5) is 13.2 Å². The second-order valence-corrected chi connectivity index (χ2v) is 8.40. The van der Waals surface area contributed by atoms with E-state index < -0.39 is 27.7 Å². The average Bonchev–Trinajstić information content (AvgIpc) is 2.76. The lowest BCUT2D eigenvalue weighted by Gasteiger charge is -2.18. The number of rotatable bonds is 8. The third-order valence-corrected chi connectivity index (χ3v) is 6.46. The Morgan fingerprint density at radius 1 is 1.06 bits per heavy atom. The number of amides is 1. The van der Waals surface area contributed by atoms with E-state index in [1.807, 2.05) is 0 Å². The fraction of sp³-hybridized carbons (Fsp3) is 0.318. The first-order valence-electron chi connectivity index (χ1n) is 9.73. The second-order valence-electron chi connectivity index (χ2n) is 6.46. The number of nitrogens with one attached hydrogen (secondary N) is 1. The zero-order chi connectivity index (χ0) is 23.8. The number of nitrogens with zero attached hydrogens (tertiary/aromatic N) is 1. The molecule has 0 spiro atoms. The molecule has 0 aromatic heterocycles. The van der Waals surface area contributed by atoms with Crippen molar-refractivity contribution >= 4 is 15.9 Å². The summed E-state index contributed by atoms with van der Waals surface area (Å²) in [5, 5.41) is 2.55. The number of carbonyl (C=O) groups is 1. The van der Waals surface area contributed by atoms with Gasteiger partial charge in [-0.3, -0.25) is 4.79 Å². The Kier molecular flexibility index (Phi) is 8.69. The molecule has 0 saturated carbocycles. The van der Waals surface area contributed by atoms with Gasteiger partial charge in [-0.2, -0.15) is 17.5 Å². The molecule has 1 amide bonds. The van der Waals surface area contributed by atoms with E-state index in [9.17, 15) is 26.4 Å². The number of alkyl halides is 3. The highest BCUT2D eigenvalue weighted by Gasteiger charge is 2.30. The van der Waals surface area contributed by atoms with Crippen molar-refractivity contribution in [1.29, 1.82) is 0 Å². The summed E-state index contributed by atoms with van der Waals surface area (Å²) < 4.78 is 69.4. The van der Waals surface area contributed by atoms with Crippen LogP contribution in [-0.2, 0) is 16.2 Å². The van der Waals surface area contributed by atoms with Crippen LogP contribution in [-0.4, -0.2) is 44.9 Å². The van der Waals surface area contributed by atoms with Gasteiger partial charge in [-0.1, -0.05) is 31.8 Å². The van der Waals surface area contributed by atoms with E-state index >= 15 is 0 Å². The molecule has 0 radical (unpaired) electrons. The molecule has 0 unspecified atom stereocenters. The average molecular weight is 468 g/mol. The highest BCUT2D eigenvalue weighted by molar-refractivity contribution is 7.89. The molecular formula is C22H23F3N2O4S.